The van der Waals surface area contributed by atoms with E-state index in [1.54, 1.807) is 6.07 Å². The first kappa shape index (κ1) is 12.8. The van der Waals surface area contributed by atoms with Crippen LogP contribution in [0.25, 0.3) is 0 Å². The maximum atomic E-state index is 5.86. The lowest BCUT2D eigenvalue weighted by Crippen LogP contribution is -2.11. The number of nitrogens with two attached hydrogens (primary N) is 1. The molecule has 0 fully saturated rings. The standard InChI is InChI=1S/C9H14ClNO.ClH/c1-6(2)5-7(11)8-3-4-9(10)12-8;/h3-4,6-7H,5,11H2,1-2H3;1H/t7-;/m0./s1. The second-order valence-corrected chi connectivity index (χ2v) is 3.75. The zero-order chi connectivity index (χ0) is 9.14. The molecule has 4 heteroatoms. The summed E-state index contributed by atoms with van der Waals surface area (Å²) in [6.45, 7) is 4.26. The van der Waals surface area contributed by atoms with Crippen LogP contribution in [0.15, 0.2) is 16.5 Å². The smallest absolute Gasteiger partial charge is 0.193 e. The Kier molecular flexibility index (Phi) is 5.45. The van der Waals surface area contributed by atoms with Crippen molar-refractivity contribution in [3.05, 3.63) is 23.1 Å². The molecule has 13 heavy (non-hydrogen) atoms. The Labute approximate surface area is 89.8 Å². The van der Waals surface area contributed by atoms with Crippen LogP contribution in [0, 0.1) is 5.92 Å². The van der Waals surface area contributed by atoms with Gasteiger partial charge in [0.1, 0.15) is 5.76 Å². The lowest BCUT2D eigenvalue weighted by molar-refractivity contribution is 0.417. The summed E-state index contributed by atoms with van der Waals surface area (Å²) in [5.41, 5.74) is 5.86. The van der Waals surface area contributed by atoms with Crippen LogP contribution in [-0.4, -0.2) is 0 Å². The van der Waals surface area contributed by atoms with Gasteiger partial charge in [-0.05, 0) is 36.1 Å². The van der Waals surface area contributed by atoms with Crippen molar-refractivity contribution in [1.82, 2.24) is 0 Å². The van der Waals surface area contributed by atoms with Gasteiger partial charge in [0.2, 0.25) is 0 Å². The van der Waals surface area contributed by atoms with Gasteiger partial charge in [-0.25, -0.2) is 0 Å². The van der Waals surface area contributed by atoms with E-state index in [1.165, 1.54) is 0 Å². The van der Waals surface area contributed by atoms with Gasteiger partial charge < -0.3 is 10.2 Å². The minimum atomic E-state index is -0.0301. The van der Waals surface area contributed by atoms with Gasteiger partial charge in [0.05, 0.1) is 6.04 Å². The first-order valence-electron chi connectivity index (χ1n) is 4.10. The topological polar surface area (TPSA) is 39.2 Å². The van der Waals surface area contributed by atoms with Gasteiger partial charge in [-0.15, -0.1) is 12.4 Å². The Hall–Kier alpha value is -0.180. The molecule has 0 spiro atoms. The average Bonchev–Trinajstić information content (AvgIpc) is 2.34. The predicted molar refractivity (Wildman–Crippen MR) is 57.3 cm³/mol. The molecule has 0 aliphatic carbocycles. The van der Waals surface area contributed by atoms with Crippen LogP contribution < -0.4 is 5.73 Å². The summed E-state index contributed by atoms with van der Waals surface area (Å²) in [5, 5.41) is 0.407. The Morgan fingerprint density at radius 3 is 2.46 bits per heavy atom. The highest BCUT2D eigenvalue weighted by atomic mass is 35.5. The molecule has 0 amide bonds. The highest BCUT2D eigenvalue weighted by Gasteiger charge is 2.11. The third-order valence-corrected chi connectivity index (χ3v) is 1.89. The molecule has 0 saturated heterocycles. The second-order valence-electron chi connectivity index (χ2n) is 3.38. The van der Waals surface area contributed by atoms with Gasteiger partial charge in [0, 0.05) is 0 Å². The third kappa shape index (κ3) is 4.03. The van der Waals surface area contributed by atoms with Gasteiger partial charge >= 0.3 is 0 Å². The number of hydrogen-bond donors (Lipinski definition) is 1. The van der Waals surface area contributed by atoms with E-state index in [0.29, 0.717) is 11.1 Å². The fraction of sp³-hybridized carbons (Fsp3) is 0.556. The van der Waals surface area contributed by atoms with Crippen molar-refractivity contribution in [3.63, 3.8) is 0 Å². The van der Waals surface area contributed by atoms with Crippen LogP contribution in [0.4, 0.5) is 0 Å². The van der Waals surface area contributed by atoms with Crippen molar-refractivity contribution in [2.45, 2.75) is 26.3 Å². The Morgan fingerprint density at radius 2 is 2.08 bits per heavy atom. The van der Waals surface area contributed by atoms with Crippen LogP contribution in [0.2, 0.25) is 5.22 Å². The van der Waals surface area contributed by atoms with E-state index >= 15 is 0 Å². The van der Waals surface area contributed by atoms with Crippen molar-refractivity contribution in [3.8, 4) is 0 Å². The quantitative estimate of drug-likeness (QED) is 0.854. The SMILES string of the molecule is CC(C)C[C@H](N)c1ccc(Cl)o1.Cl. The van der Waals surface area contributed by atoms with Gasteiger partial charge in [-0.3, -0.25) is 0 Å². The molecule has 0 aliphatic rings. The molecule has 2 nitrogen and oxygen atoms in total. The fourth-order valence-corrected chi connectivity index (χ4v) is 1.30. The maximum absolute atomic E-state index is 5.86. The monoisotopic (exact) mass is 223 g/mol. The molecule has 0 aromatic carbocycles. The van der Waals surface area contributed by atoms with E-state index in [9.17, 15) is 0 Å². The molecule has 0 unspecified atom stereocenters. The number of hydrogen-bond acceptors (Lipinski definition) is 2. The van der Waals surface area contributed by atoms with Gasteiger partial charge in [-0.2, -0.15) is 0 Å². The molecule has 0 bridgehead atoms. The maximum Gasteiger partial charge on any atom is 0.193 e. The van der Waals surface area contributed by atoms with Crippen LogP contribution in [0.1, 0.15) is 32.1 Å². The van der Waals surface area contributed by atoms with Crippen molar-refractivity contribution in [1.29, 1.82) is 0 Å². The molecule has 1 aromatic heterocycles. The van der Waals surface area contributed by atoms with Gasteiger partial charge in [0.15, 0.2) is 5.22 Å². The average molecular weight is 224 g/mol. The molecule has 1 rings (SSSR count). The summed E-state index contributed by atoms with van der Waals surface area (Å²) in [5.74, 6) is 1.34. The van der Waals surface area contributed by atoms with E-state index in [2.05, 4.69) is 13.8 Å². The molecule has 1 heterocycles. The summed E-state index contributed by atoms with van der Waals surface area (Å²) in [6.07, 6.45) is 0.920. The lowest BCUT2D eigenvalue weighted by atomic mass is 10.0. The van der Waals surface area contributed by atoms with E-state index in [0.717, 1.165) is 12.2 Å². The Bertz CT molecular complexity index is 248. The van der Waals surface area contributed by atoms with E-state index < -0.39 is 0 Å². The molecule has 0 aliphatic heterocycles. The highest BCUT2D eigenvalue weighted by molar-refractivity contribution is 6.28. The Morgan fingerprint density at radius 1 is 1.46 bits per heavy atom. The van der Waals surface area contributed by atoms with E-state index in [4.69, 9.17) is 21.8 Å². The largest absolute Gasteiger partial charge is 0.448 e. The zero-order valence-electron chi connectivity index (χ0n) is 7.79. The van der Waals surface area contributed by atoms with Crippen molar-refractivity contribution in [2.75, 3.05) is 0 Å². The zero-order valence-corrected chi connectivity index (χ0v) is 9.36. The van der Waals surface area contributed by atoms with Crippen LogP contribution in [0.3, 0.4) is 0 Å². The summed E-state index contributed by atoms with van der Waals surface area (Å²) in [4.78, 5) is 0. The molecular formula is C9H15Cl2NO. The molecule has 1 aromatic rings. The van der Waals surface area contributed by atoms with Crippen LogP contribution >= 0.6 is 24.0 Å². The van der Waals surface area contributed by atoms with Gasteiger partial charge in [0.25, 0.3) is 0 Å². The molecule has 2 N–H and O–H groups in total. The predicted octanol–water partition coefficient (Wildman–Crippen LogP) is 3.40. The summed E-state index contributed by atoms with van der Waals surface area (Å²) >= 11 is 5.62. The molecule has 76 valence electrons. The first-order valence-corrected chi connectivity index (χ1v) is 4.48. The Balaban J connectivity index is 0.00000144. The lowest BCUT2D eigenvalue weighted by Gasteiger charge is -2.10. The molecular weight excluding hydrogens is 209 g/mol. The number of furan rings is 1. The molecule has 0 saturated carbocycles. The minimum absolute atomic E-state index is 0. The number of rotatable bonds is 3. The fourth-order valence-electron chi connectivity index (χ4n) is 1.15. The normalized spacial score (nSPS) is 12.7. The molecule has 1 atom stereocenters. The second kappa shape index (κ2) is 5.53. The van der Waals surface area contributed by atoms with Gasteiger partial charge in [-0.1, -0.05) is 13.8 Å². The third-order valence-electron chi connectivity index (χ3n) is 1.68. The van der Waals surface area contributed by atoms with Crippen LogP contribution in [0.5, 0.6) is 0 Å². The first-order chi connectivity index (χ1) is 5.59. The minimum Gasteiger partial charge on any atom is -0.448 e. The molecule has 0 radical (unpaired) electrons. The highest BCUT2D eigenvalue weighted by Crippen LogP contribution is 2.22. The number of halogens is 2. The summed E-state index contributed by atoms with van der Waals surface area (Å²) in [6, 6.07) is 3.52. The summed E-state index contributed by atoms with van der Waals surface area (Å²) in [7, 11) is 0. The van der Waals surface area contributed by atoms with E-state index in [-0.39, 0.29) is 18.4 Å². The van der Waals surface area contributed by atoms with Crippen LogP contribution in [-0.2, 0) is 0 Å². The summed E-state index contributed by atoms with van der Waals surface area (Å²) < 4.78 is 5.19. The van der Waals surface area contributed by atoms with Crippen molar-refractivity contribution in [2.24, 2.45) is 11.7 Å². The van der Waals surface area contributed by atoms with Crippen molar-refractivity contribution < 1.29 is 4.42 Å². The van der Waals surface area contributed by atoms with E-state index in [1.807, 2.05) is 6.07 Å². The van der Waals surface area contributed by atoms with Crippen molar-refractivity contribution >= 4 is 24.0 Å².